The molecule has 0 fully saturated rings. The highest BCUT2D eigenvalue weighted by atomic mass is 79.9. The van der Waals surface area contributed by atoms with Gasteiger partial charge in [0.25, 0.3) is 0 Å². The number of hydrogen-bond acceptors (Lipinski definition) is 1. The van der Waals surface area contributed by atoms with Gasteiger partial charge < -0.3 is 0 Å². The molecule has 17 heavy (non-hydrogen) atoms. The third-order valence-electron chi connectivity index (χ3n) is 2.45. The van der Waals surface area contributed by atoms with Crippen LogP contribution in [0.15, 0.2) is 32.5 Å². The average molecular weight is 439 g/mol. The van der Waals surface area contributed by atoms with Gasteiger partial charge in [-0.1, -0.05) is 45.3 Å². The van der Waals surface area contributed by atoms with Gasteiger partial charge in [0.05, 0.1) is 8.61 Å². The van der Waals surface area contributed by atoms with Crippen molar-refractivity contribution in [3.63, 3.8) is 0 Å². The Balaban J connectivity index is 2.39. The SMILES string of the molecule is Cc1cc(C)cc(C(Br)c2cc(Br)c(Br)s2)c1. The Hall–Kier alpha value is 0.360. The van der Waals surface area contributed by atoms with Gasteiger partial charge in [-0.15, -0.1) is 11.3 Å². The Labute approximate surface area is 131 Å². The van der Waals surface area contributed by atoms with Crippen molar-refractivity contribution in [2.75, 3.05) is 0 Å². The first-order chi connectivity index (χ1) is 7.97. The van der Waals surface area contributed by atoms with E-state index < -0.39 is 0 Å². The molecule has 1 unspecified atom stereocenters. The highest BCUT2D eigenvalue weighted by molar-refractivity contribution is 9.13. The summed E-state index contributed by atoms with van der Waals surface area (Å²) in [4.78, 5) is 1.56. The quantitative estimate of drug-likeness (QED) is 0.477. The van der Waals surface area contributed by atoms with E-state index in [1.165, 1.54) is 21.6 Å². The van der Waals surface area contributed by atoms with Crippen LogP contribution in [0.3, 0.4) is 0 Å². The van der Waals surface area contributed by atoms with E-state index >= 15 is 0 Å². The summed E-state index contributed by atoms with van der Waals surface area (Å²) in [5.41, 5.74) is 3.92. The molecule has 0 N–H and O–H groups in total. The first kappa shape index (κ1) is 13.8. The number of aryl methyl sites for hydroxylation is 2. The van der Waals surface area contributed by atoms with Gasteiger partial charge in [0.1, 0.15) is 0 Å². The minimum absolute atomic E-state index is 0.258. The van der Waals surface area contributed by atoms with E-state index in [4.69, 9.17) is 0 Å². The number of hydrogen-bond donors (Lipinski definition) is 0. The molecule has 1 aromatic heterocycles. The van der Waals surface area contributed by atoms with Crippen molar-refractivity contribution in [2.24, 2.45) is 0 Å². The predicted molar refractivity (Wildman–Crippen MR) is 86.4 cm³/mol. The van der Waals surface area contributed by atoms with Crippen molar-refractivity contribution in [2.45, 2.75) is 18.7 Å². The summed E-state index contributed by atoms with van der Waals surface area (Å²) < 4.78 is 2.26. The standard InChI is InChI=1S/C13H11Br3S/c1-7-3-8(2)5-9(4-7)12(15)11-6-10(14)13(16)17-11/h3-6,12H,1-2H3. The minimum Gasteiger partial charge on any atom is -0.131 e. The van der Waals surface area contributed by atoms with Crippen LogP contribution >= 0.6 is 59.1 Å². The Bertz CT molecular complexity index is 506. The summed E-state index contributed by atoms with van der Waals surface area (Å²) in [6.07, 6.45) is 0. The number of halogens is 3. The normalized spacial score (nSPS) is 12.8. The zero-order valence-electron chi connectivity index (χ0n) is 9.43. The smallest absolute Gasteiger partial charge is 0.0843 e. The lowest BCUT2D eigenvalue weighted by molar-refractivity contribution is 1.19. The van der Waals surface area contributed by atoms with Crippen LogP contribution in [0.2, 0.25) is 0 Å². The molecule has 0 bridgehead atoms. The molecule has 0 amide bonds. The fraction of sp³-hybridized carbons (Fsp3) is 0.231. The molecule has 1 atom stereocenters. The van der Waals surface area contributed by atoms with Gasteiger partial charge in [0, 0.05) is 9.35 Å². The fourth-order valence-electron chi connectivity index (χ4n) is 1.81. The highest BCUT2D eigenvalue weighted by Gasteiger charge is 2.15. The maximum Gasteiger partial charge on any atom is 0.0843 e. The number of thiophene rings is 1. The van der Waals surface area contributed by atoms with Crippen molar-refractivity contribution in [3.05, 3.63) is 54.1 Å². The van der Waals surface area contributed by atoms with E-state index in [9.17, 15) is 0 Å². The number of alkyl halides is 1. The Kier molecular flexibility index (Phi) is 4.50. The van der Waals surface area contributed by atoms with Crippen molar-refractivity contribution in [1.29, 1.82) is 0 Å². The second-order valence-electron chi connectivity index (χ2n) is 4.05. The van der Waals surface area contributed by atoms with E-state index in [1.807, 2.05) is 0 Å². The van der Waals surface area contributed by atoms with Gasteiger partial charge in [0.2, 0.25) is 0 Å². The molecule has 1 heterocycles. The van der Waals surface area contributed by atoms with Gasteiger partial charge in [-0.25, -0.2) is 0 Å². The van der Waals surface area contributed by atoms with Gasteiger partial charge in [-0.05, 0) is 57.3 Å². The molecule has 1 aromatic carbocycles. The highest BCUT2D eigenvalue weighted by Crippen LogP contribution is 2.41. The summed E-state index contributed by atoms with van der Waals surface area (Å²) in [5, 5.41) is 0. The van der Waals surface area contributed by atoms with Crippen LogP contribution in [0.25, 0.3) is 0 Å². The molecule has 4 heteroatoms. The molecular weight excluding hydrogens is 428 g/mol. The Morgan fingerprint density at radius 1 is 1.00 bits per heavy atom. The first-order valence-corrected chi connectivity index (χ1v) is 8.46. The molecule has 0 radical (unpaired) electrons. The van der Waals surface area contributed by atoms with Crippen molar-refractivity contribution >= 4 is 59.1 Å². The van der Waals surface area contributed by atoms with Crippen molar-refractivity contribution < 1.29 is 0 Å². The van der Waals surface area contributed by atoms with E-state index in [-0.39, 0.29) is 4.83 Å². The average Bonchev–Trinajstić information content (AvgIpc) is 2.57. The number of rotatable bonds is 2. The lowest BCUT2D eigenvalue weighted by Gasteiger charge is -2.10. The second-order valence-corrected chi connectivity index (χ2v) is 8.23. The first-order valence-electron chi connectivity index (χ1n) is 5.14. The fourth-order valence-corrected chi connectivity index (χ4v) is 4.58. The van der Waals surface area contributed by atoms with Crippen molar-refractivity contribution in [3.8, 4) is 0 Å². The van der Waals surface area contributed by atoms with Gasteiger partial charge in [-0.3, -0.25) is 0 Å². The molecule has 0 spiro atoms. The molecule has 0 aliphatic carbocycles. The van der Waals surface area contributed by atoms with E-state index in [2.05, 4.69) is 85.9 Å². The largest absolute Gasteiger partial charge is 0.131 e. The molecular formula is C13H11Br3S. The van der Waals surface area contributed by atoms with E-state index in [1.54, 1.807) is 11.3 Å². The summed E-state index contributed by atoms with van der Waals surface area (Å²) in [5.74, 6) is 0. The van der Waals surface area contributed by atoms with Crippen LogP contribution < -0.4 is 0 Å². The summed E-state index contributed by atoms with van der Waals surface area (Å²) in [6.45, 7) is 4.27. The third kappa shape index (κ3) is 3.22. The lowest BCUT2D eigenvalue weighted by atomic mass is 10.0. The molecule has 0 saturated carbocycles. The van der Waals surface area contributed by atoms with E-state index in [0.29, 0.717) is 0 Å². The van der Waals surface area contributed by atoms with Crippen LogP contribution in [-0.2, 0) is 0 Å². The molecule has 2 aromatic rings. The van der Waals surface area contributed by atoms with Crippen LogP contribution in [-0.4, -0.2) is 0 Å². The molecule has 0 aliphatic rings. The lowest BCUT2D eigenvalue weighted by Crippen LogP contribution is -1.91. The van der Waals surface area contributed by atoms with Crippen molar-refractivity contribution in [1.82, 2.24) is 0 Å². The minimum atomic E-state index is 0.258. The molecule has 0 aliphatic heterocycles. The van der Waals surface area contributed by atoms with Gasteiger partial charge in [-0.2, -0.15) is 0 Å². The molecule has 0 nitrogen and oxygen atoms in total. The Morgan fingerprint density at radius 3 is 2.06 bits per heavy atom. The van der Waals surface area contributed by atoms with Crippen LogP contribution in [0, 0.1) is 13.8 Å². The zero-order valence-corrected chi connectivity index (χ0v) is 15.0. The third-order valence-corrected chi connectivity index (χ3v) is 7.10. The van der Waals surface area contributed by atoms with Crippen LogP contribution in [0.4, 0.5) is 0 Å². The summed E-state index contributed by atoms with van der Waals surface area (Å²) in [6, 6.07) is 8.82. The topological polar surface area (TPSA) is 0 Å². The second kappa shape index (κ2) is 5.55. The van der Waals surface area contributed by atoms with Gasteiger partial charge >= 0.3 is 0 Å². The van der Waals surface area contributed by atoms with Gasteiger partial charge in [0.15, 0.2) is 0 Å². The summed E-state index contributed by atoms with van der Waals surface area (Å²) in [7, 11) is 0. The molecule has 90 valence electrons. The molecule has 0 saturated heterocycles. The number of benzene rings is 1. The maximum atomic E-state index is 3.78. The van der Waals surface area contributed by atoms with Crippen LogP contribution in [0.1, 0.15) is 26.4 Å². The zero-order chi connectivity index (χ0) is 12.6. The predicted octanol–water partition coefficient (Wildman–Crippen LogP) is 6.37. The van der Waals surface area contributed by atoms with Crippen LogP contribution in [0.5, 0.6) is 0 Å². The summed E-state index contributed by atoms with van der Waals surface area (Å²) >= 11 is 12.6. The van der Waals surface area contributed by atoms with E-state index in [0.717, 1.165) is 8.26 Å². The molecule has 2 rings (SSSR count). The Morgan fingerprint density at radius 2 is 1.59 bits per heavy atom. The monoisotopic (exact) mass is 436 g/mol. The maximum absolute atomic E-state index is 3.78.